The summed E-state index contributed by atoms with van der Waals surface area (Å²) in [5.41, 5.74) is 1.75. The normalized spacial score (nSPS) is 15.5. The Labute approximate surface area is 145 Å². The summed E-state index contributed by atoms with van der Waals surface area (Å²) in [6, 6.07) is 8.06. The van der Waals surface area contributed by atoms with E-state index in [2.05, 4.69) is 29.4 Å². The molecule has 6 nitrogen and oxygen atoms in total. The van der Waals surface area contributed by atoms with Crippen LogP contribution >= 0.6 is 11.8 Å². The molecule has 1 saturated carbocycles. The van der Waals surface area contributed by atoms with E-state index in [0.717, 1.165) is 24.1 Å². The van der Waals surface area contributed by atoms with Gasteiger partial charge in [-0.3, -0.25) is 9.36 Å². The van der Waals surface area contributed by atoms with Crippen molar-refractivity contribution in [3.63, 3.8) is 0 Å². The fraction of sp³-hybridized carbons (Fsp3) is 0.471. The van der Waals surface area contributed by atoms with Crippen LogP contribution in [0.4, 0.5) is 5.69 Å². The molecule has 3 rings (SSSR count). The third-order valence-electron chi connectivity index (χ3n) is 4.08. The van der Waals surface area contributed by atoms with Gasteiger partial charge in [0.15, 0.2) is 5.16 Å². The van der Waals surface area contributed by atoms with Crippen molar-refractivity contribution in [1.29, 1.82) is 0 Å². The lowest BCUT2D eigenvalue weighted by Gasteiger charge is -2.16. The fourth-order valence-electron chi connectivity index (χ4n) is 2.59. The minimum Gasteiger partial charge on any atom is -0.325 e. The molecular formula is C17H22N4O2S. The van der Waals surface area contributed by atoms with E-state index in [9.17, 15) is 9.59 Å². The van der Waals surface area contributed by atoms with Crippen LogP contribution in [-0.2, 0) is 4.79 Å². The highest BCUT2D eigenvalue weighted by molar-refractivity contribution is 8.00. The Morgan fingerprint density at radius 3 is 2.71 bits per heavy atom. The Morgan fingerprint density at radius 1 is 1.33 bits per heavy atom. The molecule has 1 heterocycles. The number of carbonyl (C=O) groups excluding carboxylic acids is 1. The van der Waals surface area contributed by atoms with E-state index in [0.29, 0.717) is 11.1 Å². The number of hydrogen-bond acceptors (Lipinski definition) is 4. The maximum absolute atomic E-state index is 12.5. The highest BCUT2D eigenvalue weighted by Crippen LogP contribution is 2.37. The Hall–Kier alpha value is -2.02. The van der Waals surface area contributed by atoms with Crippen molar-refractivity contribution in [2.45, 2.75) is 56.0 Å². The second-order valence-electron chi connectivity index (χ2n) is 6.40. The molecule has 2 aromatic rings. The summed E-state index contributed by atoms with van der Waals surface area (Å²) in [7, 11) is 0. The largest absolute Gasteiger partial charge is 0.344 e. The third-order valence-corrected chi connectivity index (χ3v) is 5.14. The lowest BCUT2D eigenvalue weighted by Crippen LogP contribution is -2.24. The van der Waals surface area contributed by atoms with Gasteiger partial charge in [-0.05, 0) is 37.3 Å². The van der Waals surface area contributed by atoms with Crippen molar-refractivity contribution in [2.24, 2.45) is 0 Å². The van der Waals surface area contributed by atoms with Crippen LogP contribution < -0.4 is 11.0 Å². The van der Waals surface area contributed by atoms with E-state index in [4.69, 9.17) is 0 Å². The summed E-state index contributed by atoms with van der Waals surface area (Å²) in [5.74, 6) is 0.238. The minimum atomic E-state index is -0.349. The van der Waals surface area contributed by atoms with Crippen LogP contribution in [-0.4, -0.2) is 25.9 Å². The molecule has 1 aliphatic rings. The summed E-state index contributed by atoms with van der Waals surface area (Å²) in [4.78, 5) is 24.4. The van der Waals surface area contributed by atoms with Gasteiger partial charge in [0.25, 0.3) is 0 Å². The molecule has 1 aliphatic carbocycles. The first-order valence-corrected chi connectivity index (χ1v) is 9.08. The van der Waals surface area contributed by atoms with Crippen LogP contribution in [0.1, 0.15) is 51.1 Å². The van der Waals surface area contributed by atoms with Crippen molar-refractivity contribution >= 4 is 23.4 Å². The molecule has 1 amide bonds. The van der Waals surface area contributed by atoms with Gasteiger partial charge in [-0.2, -0.15) is 0 Å². The number of benzene rings is 1. The van der Waals surface area contributed by atoms with Gasteiger partial charge in [-0.25, -0.2) is 9.89 Å². The Bertz CT molecular complexity index is 792. The van der Waals surface area contributed by atoms with Crippen molar-refractivity contribution in [3.8, 4) is 0 Å². The molecule has 1 aromatic heterocycles. The number of para-hydroxylation sites is 1. The summed E-state index contributed by atoms with van der Waals surface area (Å²) >= 11 is 1.31. The lowest BCUT2D eigenvalue weighted by molar-refractivity contribution is -0.115. The van der Waals surface area contributed by atoms with E-state index in [1.165, 1.54) is 11.8 Å². The van der Waals surface area contributed by atoms with E-state index < -0.39 is 0 Å². The second-order valence-corrected chi connectivity index (χ2v) is 7.71. The summed E-state index contributed by atoms with van der Waals surface area (Å²) in [5, 5.41) is 9.78. The van der Waals surface area contributed by atoms with Gasteiger partial charge >= 0.3 is 5.69 Å². The van der Waals surface area contributed by atoms with E-state index in [1.54, 1.807) is 4.57 Å². The molecule has 0 bridgehead atoms. The second kappa shape index (κ2) is 6.84. The lowest BCUT2D eigenvalue weighted by atomic mass is 10.0. The van der Waals surface area contributed by atoms with Gasteiger partial charge in [-0.1, -0.05) is 43.8 Å². The molecule has 2 N–H and O–H groups in total. The molecular weight excluding hydrogens is 324 g/mol. The third kappa shape index (κ3) is 3.56. The van der Waals surface area contributed by atoms with Crippen LogP contribution in [0, 0.1) is 0 Å². The molecule has 0 spiro atoms. The Kier molecular flexibility index (Phi) is 4.80. The monoisotopic (exact) mass is 346 g/mol. The van der Waals surface area contributed by atoms with Gasteiger partial charge in [0, 0.05) is 11.7 Å². The molecule has 24 heavy (non-hydrogen) atoms. The van der Waals surface area contributed by atoms with Crippen LogP contribution in [0.2, 0.25) is 0 Å². The number of carbonyl (C=O) groups is 1. The number of amides is 1. The van der Waals surface area contributed by atoms with Gasteiger partial charge in [0.2, 0.25) is 5.91 Å². The predicted molar refractivity (Wildman–Crippen MR) is 95.6 cm³/mol. The van der Waals surface area contributed by atoms with Crippen molar-refractivity contribution in [1.82, 2.24) is 14.8 Å². The van der Waals surface area contributed by atoms with Crippen LogP contribution in [0.5, 0.6) is 0 Å². The number of hydrogen-bond donors (Lipinski definition) is 2. The fourth-order valence-corrected chi connectivity index (χ4v) is 3.51. The summed E-state index contributed by atoms with van der Waals surface area (Å²) in [6.45, 7) is 6.02. The maximum Gasteiger partial charge on any atom is 0.344 e. The van der Waals surface area contributed by atoms with Crippen molar-refractivity contribution in [3.05, 3.63) is 40.3 Å². The van der Waals surface area contributed by atoms with Gasteiger partial charge in [0.1, 0.15) is 0 Å². The van der Waals surface area contributed by atoms with Crippen molar-refractivity contribution < 1.29 is 4.79 Å². The zero-order valence-electron chi connectivity index (χ0n) is 14.1. The van der Waals surface area contributed by atoms with Gasteiger partial charge in [-0.15, -0.1) is 5.10 Å². The van der Waals surface area contributed by atoms with E-state index in [1.807, 2.05) is 31.2 Å². The molecule has 1 fully saturated rings. The first-order chi connectivity index (χ1) is 11.5. The predicted octanol–water partition coefficient (Wildman–Crippen LogP) is 3.15. The van der Waals surface area contributed by atoms with E-state index >= 15 is 0 Å². The molecule has 1 aromatic carbocycles. The molecule has 0 saturated heterocycles. The molecule has 1 atom stereocenters. The molecule has 0 radical (unpaired) electrons. The number of H-pyrrole nitrogens is 1. The van der Waals surface area contributed by atoms with Crippen molar-refractivity contribution in [2.75, 3.05) is 5.32 Å². The number of aromatic nitrogens is 3. The number of aromatic amines is 1. The van der Waals surface area contributed by atoms with Gasteiger partial charge < -0.3 is 5.32 Å². The zero-order chi connectivity index (χ0) is 17.3. The average molecular weight is 346 g/mol. The Balaban J connectivity index is 1.71. The quantitative estimate of drug-likeness (QED) is 0.788. The van der Waals surface area contributed by atoms with Gasteiger partial charge in [0.05, 0.1) is 5.25 Å². The summed E-state index contributed by atoms with van der Waals surface area (Å²) < 4.78 is 1.66. The van der Waals surface area contributed by atoms with Crippen LogP contribution in [0.3, 0.4) is 0 Å². The number of thioether (sulfide) groups is 1. The zero-order valence-corrected chi connectivity index (χ0v) is 14.9. The van der Waals surface area contributed by atoms with Crippen LogP contribution in [0.15, 0.2) is 34.2 Å². The molecule has 0 aliphatic heterocycles. The number of nitrogens with one attached hydrogen (secondary N) is 2. The summed E-state index contributed by atoms with van der Waals surface area (Å²) in [6.07, 6.45) is 1.99. The SMILES string of the molecule is CC(C)c1ccccc1NC(=O)[C@H](C)Sc1n[nH]c(=O)n1C1CC1. The Morgan fingerprint density at radius 2 is 2.04 bits per heavy atom. The first-order valence-electron chi connectivity index (χ1n) is 8.20. The first kappa shape index (κ1) is 16.8. The molecule has 7 heteroatoms. The molecule has 0 unspecified atom stereocenters. The minimum absolute atomic E-state index is 0.0918. The van der Waals surface area contributed by atoms with Crippen LogP contribution in [0.25, 0.3) is 0 Å². The number of rotatable bonds is 6. The highest BCUT2D eigenvalue weighted by Gasteiger charge is 2.30. The van der Waals surface area contributed by atoms with E-state index in [-0.39, 0.29) is 22.9 Å². The molecule has 128 valence electrons. The number of anilines is 1. The topological polar surface area (TPSA) is 79.8 Å². The number of nitrogens with zero attached hydrogens (tertiary/aromatic N) is 2. The maximum atomic E-state index is 12.5. The standard InChI is InChI=1S/C17H22N4O2S/c1-10(2)13-6-4-5-7-14(13)18-15(22)11(3)24-17-20-19-16(23)21(17)12-8-9-12/h4-7,10-12H,8-9H2,1-3H3,(H,18,22)(H,19,23)/t11-/m0/s1. The smallest absolute Gasteiger partial charge is 0.325 e. The average Bonchev–Trinajstić information content (AvgIpc) is 3.32. The highest BCUT2D eigenvalue weighted by atomic mass is 32.2.